The fourth-order valence-corrected chi connectivity index (χ4v) is 4.07. The number of rotatable bonds is 11. The fourth-order valence-electron chi connectivity index (χ4n) is 4.07. The summed E-state index contributed by atoms with van der Waals surface area (Å²) < 4.78 is 50.5. The van der Waals surface area contributed by atoms with Crippen molar-refractivity contribution < 1.29 is 41.5 Å². The molecule has 0 unspecified atom stereocenters. The van der Waals surface area contributed by atoms with Crippen molar-refractivity contribution in [2.45, 2.75) is 19.5 Å². The van der Waals surface area contributed by atoms with Crippen LogP contribution in [0.5, 0.6) is 0 Å². The lowest BCUT2D eigenvalue weighted by molar-refractivity contribution is -0.132. The fraction of sp³-hybridized carbons (Fsp3) is 0.360. The van der Waals surface area contributed by atoms with Crippen LogP contribution >= 0.6 is 0 Å². The third-order valence-electron chi connectivity index (χ3n) is 6.07. The second kappa shape index (κ2) is 12.5. The van der Waals surface area contributed by atoms with Gasteiger partial charge in [0.1, 0.15) is 17.4 Å². The van der Waals surface area contributed by atoms with Crippen molar-refractivity contribution in [3.63, 3.8) is 0 Å². The number of fused-ring (bicyclic) bond motifs is 1. The van der Waals surface area contributed by atoms with Crippen LogP contribution in [-0.2, 0) is 14.4 Å². The number of hydroxylamine groups is 2. The standard InChI is InChI=1S/C25H27F3N6O6/c1-3-32(10-11-34(38-2)24(36)31-23-30-18-6-4-5-7-20(18)40-23)19-9-8-15(12-17(19)26)33-14-16(39-25(33)37)13-29-22(35)21(27)28/h4-9,12,16,21H,3,10-11,13-14H2,1-2H3,(H,29,35)(H,30,31,36)/t16-/m0/s1. The Labute approximate surface area is 226 Å². The van der Waals surface area contributed by atoms with Crippen molar-refractivity contribution in [2.24, 2.45) is 0 Å². The highest BCUT2D eigenvalue weighted by molar-refractivity contribution is 5.90. The number of carbonyl (C=O) groups is 3. The Hall–Kier alpha value is -4.53. The van der Waals surface area contributed by atoms with Crippen LogP contribution in [0.1, 0.15) is 6.92 Å². The number of nitrogens with one attached hydrogen (secondary N) is 2. The molecule has 15 heteroatoms. The highest BCUT2D eigenvalue weighted by Gasteiger charge is 2.33. The van der Waals surface area contributed by atoms with Crippen molar-refractivity contribution >= 4 is 46.5 Å². The molecule has 1 atom stereocenters. The molecule has 2 heterocycles. The van der Waals surface area contributed by atoms with Crippen LogP contribution < -0.4 is 20.4 Å². The number of aromatic nitrogens is 1. The zero-order valence-corrected chi connectivity index (χ0v) is 21.6. The van der Waals surface area contributed by atoms with Gasteiger partial charge in [0.15, 0.2) is 5.58 Å². The van der Waals surface area contributed by atoms with E-state index in [1.54, 1.807) is 36.1 Å². The number of hydrogen-bond donors (Lipinski definition) is 2. The van der Waals surface area contributed by atoms with Gasteiger partial charge >= 0.3 is 24.6 Å². The van der Waals surface area contributed by atoms with E-state index in [-0.39, 0.29) is 43.6 Å². The summed E-state index contributed by atoms with van der Waals surface area (Å²) in [5.74, 6) is -2.11. The molecule has 0 spiro atoms. The maximum Gasteiger partial charge on any atom is 0.414 e. The lowest BCUT2D eigenvalue weighted by Gasteiger charge is -2.27. The lowest BCUT2D eigenvalue weighted by atomic mass is 10.2. The molecule has 1 aliphatic heterocycles. The first-order valence-electron chi connectivity index (χ1n) is 12.3. The third-order valence-corrected chi connectivity index (χ3v) is 6.07. The number of halogens is 3. The van der Waals surface area contributed by atoms with Crippen molar-refractivity contribution in [3.05, 3.63) is 48.3 Å². The van der Waals surface area contributed by atoms with Gasteiger partial charge in [0.2, 0.25) is 0 Å². The van der Waals surface area contributed by atoms with Crippen LogP contribution in [0.2, 0.25) is 0 Å². The molecule has 40 heavy (non-hydrogen) atoms. The summed E-state index contributed by atoms with van der Waals surface area (Å²) in [7, 11) is 1.32. The van der Waals surface area contributed by atoms with E-state index in [0.29, 0.717) is 17.6 Å². The molecule has 3 aromatic rings. The van der Waals surface area contributed by atoms with Crippen LogP contribution in [0, 0.1) is 5.82 Å². The first-order valence-corrected chi connectivity index (χ1v) is 12.3. The topological polar surface area (TPSA) is 129 Å². The minimum Gasteiger partial charge on any atom is -0.442 e. The Morgan fingerprint density at radius 2 is 2.00 bits per heavy atom. The van der Waals surface area contributed by atoms with Gasteiger partial charge in [0.05, 0.1) is 38.1 Å². The molecule has 1 fully saturated rings. The molecule has 0 bridgehead atoms. The molecule has 2 N–H and O–H groups in total. The van der Waals surface area contributed by atoms with Gasteiger partial charge in [0.25, 0.3) is 5.91 Å². The number of benzene rings is 2. The van der Waals surface area contributed by atoms with Gasteiger partial charge in [-0.3, -0.25) is 19.8 Å². The van der Waals surface area contributed by atoms with E-state index in [9.17, 15) is 23.2 Å². The molecule has 1 saturated heterocycles. The molecular weight excluding hydrogens is 537 g/mol. The average molecular weight is 565 g/mol. The molecule has 4 rings (SSSR count). The van der Waals surface area contributed by atoms with Gasteiger partial charge in [-0.1, -0.05) is 12.1 Å². The van der Waals surface area contributed by atoms with E-state index in [4.69, 9.17) is 14.0 Å². The summed E-state index contributed by atoms with van der Waals surface area (Å²) in [5.41, 5.74) is 1.50. The third kappa shape index (κ3) is 6.54. The molecule has 2 aromatic carbocycles. The smallest absolute Gasteiger partial charge is 0.414 e. The number of likely N-dealkylation sites (N-methyl/N-ethyl adjacent to an activating group) is 1. The predicted molar refractivity (Wildman–Crippen MR) is 138 cm³/mol. The number of nitrogens with zero attached hydrogens (tertiary/aromatic N) is 4. The molecule has 0 radical (unpaired) electrons. The Kier molecular flexibility index (Phi) is 8.93. The summed E-state index contributed by atoms with van der Waals surface area (Å²) in [6.45, 7) is 2.08. The minimum absolute atomic E-state index is 0.00121. The Bertz CT molecular complexity index is 1340. The first kappa shape index (κ1) is 28.5. The van der Waals surface area contributed by atoms with Crippen LogP contribution in [0.15, 0.2) is 46.9 Å². The minimum atomic E-state index is -3.18. The first-order chi connectivity index (χ1) is 19.2. The number of cyclic esters (lactones) is 1. The van der Waals surface area contributed by atoms with Crippen LogP contribution in [0.3, 0.4) is 0 Å². The molecule has 12 nitrogen and oxygen atoms in total. The monoisotopic (exact) mass is 564 g/mol. The summed E-state index contributed by atoms with van der Waals surface area (Å²) in [6, 6.07) is 10.5. The summed E-state index contributed by atoms with van der Waals surface area (Å²) in [5, 5.41) is 5.55. The van der Waals surface area contributed by atoms with Crippen molar-refractivity contribution in [1.29, 1.82) is 0 Å². The number of ether oxygens (including phenoxy) is 1. The average Bonchev–Trinajstić information content (AvgIpc) is 3.52. The molecule has 0 aliphatic carbocycles. The highest BCUT2D eigenvalue weighted by atomic mass is 19.3. The Morgan fingerprint density at radius 1 is 1.23 bits per heavy atom. The zero-order chi connectivity index (χ0) is 28.8. The normalized spacial score (nSPS) is 14.9. The number of urea groups is 1. The maximum atomic E-state index is 15.2. The van der Waals surface area contributed by atoms with Crippen LogP contribution in [0.25, 0.3) is 11.1 Å². The van der Waals surface area contributed by atoms with E-state index < -0.39 is 36.4 Å². The maximum absolute atomic E-state index is 15.2. The van der Waals surface area contributed by atoms with Gasteiger partial charge in [-0.25, -0.2) is 19.0 Å². The molecule has 214 valence electrons. The van der Waals surface area contributed by atoms with Gasteiger partial charge in [-0.05, 0) is 37.3 Å². The molecule has 1 aliphatic rings. The second-order valence-electron chi connectivity index (χ2n) is 8.58. The van der Waals surface area contributed by atoms with Gasteiger partial charge in [-0.2, -0.15) is 13.8 Å². The number of anilines is 3. The number of para-hydroxylation sites is 2. The van der Waals surface area contributed by atoms with E-state index in [0.717, 1.165) is 16.0 Å². The Balaban J connectivity index is 1.35. The van der Waals surface area contributed by atoms with Crippen LogP contribution in [-0.4, -0.2) is 80.4 Å². The van der Waals surface area contributed by atoms with Gasteiger partial charge in [0, 0.05) is 13.1 Å². The Morgan fingerprint density at radius 3 is 2.67 bits per heavy atom. The molecule has 4 amide bonds. The lowest BCUT2D eigenvalue weighted by Crippen LogP contribution is -2.40. The van der Waals surface area contributed by atoms with Gasteiger partial charge in [-0.15, -0.1) is 0 Å². The number of amides is 4. The van der Waals surface area contributed by atoms with Crippen molar-refractivity contribution in [3.8, 4) is 0 Å². The highest BCUT2D eigenvalue weighted by Crippen LogP contribution is 2.28. The van der Waals surface area contributed by atoms with E-state index in [2.05, 4.69) is 10.3 Å². The van der Waals surface area contributed by atoms with E-state index in [1.807, 2.05) is 5.32 Å². The number of hydrogen-bond acceptors (Lipinski definition) is 8. The number of carbonyl (C=O) groups excluding carboxylic acids is 3. The van der Waals surface area contributed by atoms with Crippen molar-refractivity contribution in [1.82, 2.24) is 15.4 Å². The van der Waals surface area contributed by atoms with Crippen molar-refractivity contribution in [2.75, 3.05) is 55.0 Å². The molecule has 1 aromatic heterocycles. The largest absolute Gasteiger partial charge is 0.442 e. The number of alkyl halides is 2. The summed E-state index contributed by atoms with van der Waals surface area (Å²) in [4.78, 5) is 48.2. The van der Waals surface area contributed by atoms with Crippen LogP contribution in [0.4, 0.5) is 40.1 Å². The van der Waals surface area contributed by atoms with Gasteiger partial charge < -0.3 is 19.4 Å². The molecular formula is C25H27F3N6O6. The second-order valence-corrected chi connectivity index (χ2v) is 8.58. The van der Waals surface area contributed by atoms with E-state index in [1.165, 1.54) is 19.2 Å². The number of oxazole rings is 1. The summed E-state index contributed by atoms with van der Waals surface area (Å²) in [6.07, 6.45) is -4.85. The molecule has 0 saturated carbocycles. The van der Waals surface area contributed by atoms with E-state index >= 15 is 4.39 Å². The summed E-state index contributed by atoms with van der Waals surface area (Å²) >= 11 is 0. The SMILES string of the molecule is CCN(CCN(OC)C(=O)Nc1nc2ccccc2o1)c1ccc(N2C[C@H](CNC(=O)C(F)F)OC2=O)cc1F. The quantitative estimate of drug-likeness (QED) is 0.338. The zero-order valence-electron chi connectivity index (χ0n) is 21.6. The predicted octanol–water partition coefficient (Wildman–Crippen LogP) is 3.60.